The van der Waals surface area contributed by atoms with Crippen molar-refractivity contribution in [2.75, 3.05) is 13.1 Å². The van der Waals surface area contributed by atoms with Gasteiger partial charge in [0.1, 0.15) is 6.04 Å². The van der Waals surface area contributed by atoms with E-state index in [4.69, 9.17) is 0 Å². The highest BCUT2D eigenvalue weighted by atomic mass is 16.2. The number of nitrogens with one attached hydrogen (secondary N) is 1. The Morgan fingerprint density at radius 1 is 1.44 bits per heavy atom. The van der Waals surface area contributed by atoms with Gasteiger partial charge in [0, 0.05) is 19.5 Å². The highest BCUT2D eigenvalue weighted by Gasteiger charge is 2.29. The molecule has 1 saturated heterocycles. The van der Waals surface area contributed by atoms with Crippen molar-refractivity contribution in [1.29, 1.82) is 0 Å². The molecule has 4 heteroatoms. The van der Waals surface area contributed by atoms with Crippen LogP contribution in [-0.2, 0) is 9.59 Å². The second-order valence-electron chi connectivity index (χ2n) is 5.57. The van der Waals surface area contributed by atoms with E-state index in [0.29, 0.717) is 31.8 Å². The highest BCUT2D eigenvalue weighted by Crippen LogP contribution is 2.12. The first-order chi connectivity index (χ1) is 8.40. The first kappa shape index (κ1) is 14.7. The van der Waals surface area contributed by atoms with Gasteiger partial charge in [-0.15, -0.1) is 0 Å². The standard InChI is InChI=1S/C14H24N2O2/c1-10(2)5-7-16-8-6-13(17)15-12(14(16)18)9-11(3)4/h5,11-12H,6-9H2,1-4H3,(H,15,17). The molecule has 0 aromatic heterocycles. The third-order valence-corrected chi connectivity index (χ3v) is 2.98. The van der Waals surface area contributed by atoms with Crippen molar-refractivity contribution < 1.29 is 9.59 Å². The lowest BCUT2D eigenvalue weighted by molar-refractivity contribution is -0.133. The van der Waals surface area contributed by atoms with Gasteiger partial charge >= 0.3 is 0 Å². The van der Waals surface area contributed by atoms with Crippen LogP contribution in [0, 0.1) is 5.92 Å². The van der Waals surface area contributed by atoms with Crippen LogP contribution in [0.1, 0.15) is 40.5 Å². The van der Waals surface area contributed by atoms with Crippen molar-refractivity contribution in [3.8, 4) is 0 Å². The Bertz CT molecular complexity index is 344. The number of hydrogen-bond donors (Lipinski definition) is 1. The van der Waals surface area contributed by atoms with E-state index < -0.39 is 0 Å². The summed E-state index contributed by atoms with van der Waals surface area (Å²) in [6, 6.07) is -0.356. The molecule has 1 rings (SSSR count). The van der Waals surface area contributed by atoms with Gasteiger partial charge in [-0.2, -0.15) is 0 Å². The van der Waals surface area contributed by atoms with Crippen LogP contribution in [0.4, 0.5) is 0 Å². The molecule has 0 aliphatic carbocycles. The van der Waals surface area contributed by atoms with Gasteiger partial charge in [-0.05, 0) is 26.2 Å². The molecule has 1 aliphatic rings. The summed E-state index contributed by atoms with van der Waals surface area (Å²) in [5.41, 5.74) is 1.19. The minimum Gasteiger partial charge on any atom is -0.344 e. The number of rotatable bonds is 4. The summed E-state index contributed by atoms with van der Waals surface area (Å²) in [7, 11) is 0. The maximum atomic E-state index is 12.3. The Balaban J connectivity index is 2.76. The van der Waals surface area contributed by atoms with Gasteiger partial charge in [-0.1, -0.05) is 25.5 Å². The molecule has 0 aromatic rings. The van der Waals surface area contributed by atoms with Gasteiger partial charge in [0.2, 0.25) is 11.8 Å². The van der Waals surface area contributed by atoms with E-state index >= 15 is 0 Å². The monoisotopic (exact) mass is 252 g/mol. The van der Waals surface area contributed by atoms with Crippen LogP contribution in [0.3, 0.4) is 0 Å². The Morgan fingerprint density at radius 3 is 2.67 bits per heavy atom. The van der Waals surface area contributed by atoms with Gasteiger partial charge in [-0.25, -0.2) is 0 Å². The van der Waals surface area contributed by atoms with Gasteiger partial charge < -0.3 is 10.2 Å². The normalized spacial score (nSPS) is 20.7. The van der Waals surface area contributed by atoms with Gasteiger partial charge in [0.25, 0.3) is 0 Å². The van der Waals surface area contributed by atoms with Crippen LogP contribution < -0.4 is 5.32 Å². The Labute approximate surface area is 109 Å². The molecule has 18 heavy (non-hydrogen) atoms. The van der Waals surface area contributed by atoms with Gasteiger partial charge in [-0.3, -0.25) is 9.59 Å². The van der Waals surface area contributed by atoms with E-state index in [-0.39, 0.29) is 17.9 Å². The molecule has 1 aliphatic heterocycles. The average molecular weight is 252 g/mol. The molecule has 0 saturated carbocycles. The zero-order valence-corrected chi connectivity index (χ0v) is 11.8. The van der Waals surface area contributed by atoms with Gasteiger partial charge in [0.05, 0.1) is 0 Å². The number of allylic oxidation sites excluding steroid dienone is 1. The van der Waals surface area contributed by atoms with Crippen molar-refractivity contribution in [2.24, 2.45) is 5.92 Å². The molecule has 0 bridgehead atoms. The summed E-state index contributed by atoms with van der Waals surface area (Å²) in [4.78, 5) is 25.7. The topological polar surface area (TPSA) is 49.4 Å². The maximum absolute atomic E-state index is 12.3. The van der Waals surface area contributed by atoms with E-state index in [9.17, 15) is 9.59 Å². The minimum absolute atomic E-state index is 0.0197. The number of hydrogen-bond acceptors (Lipinski definition) is 2. The Kier molecular flexibility index (Phi) is 5.38. The van der Waals surface area contributed by atoms with E-state index in [0.717, 1.165) is 0 Å². The fourth-order valence-corrected chi connectivity index (χ4v) is 2.00. The van der Waals surface area contributed by atoms with Crippen molar-refractivity contribution in [3.63, 3.8) is 0 Å². The lowest BCUT2D eigenvalue weighted by Gasteiger charge is -2.24. The molecule has 1 atom stereocenters. The van der Waals surface area contributed by atoms with Crippen LogP contribution in [0.25, 0.3) is 0 Å². The Morgan fingerprint density at radius 2 is 2.11 bits per heavy atom. The number of carbonyl (C=O) groups excluding carboxylic acids is 2. The minimum atomic E-state index is -0.356. The zero-order chi connectivity index (χ0) is 13.7. The molecule has 0 radical (unpaired) electrons. The third kappa shape index (κ3) is 4.51. The Hall–Kier alpha value is -1.32. The lowest BCUT2D eigenvalue weighted by Crippen LogP contribution is -2.45. The van der Waals surface area contributed by atoms with Crippen LogP contribution in [-0.4, -0.2) is 35.8 Å². The molecule has 1 unspecified atom stereocenters. The van der Waals surface area contributed by atoms with Crippen molar-refractivity contribution in [2.45, 2.75) is 46.6 Å². The molecule has 0 aromatic carbocycles. The fourth-order valence-electron chi connectivity index (χ4n) is 2.00. The summed E-state index contributed by atoms with van der Waals surface area (Å²) in [5.74, 6) is 0.420. The van der Waals surface area contributed by atoms with Crippen LogP contribution >= 0.6 is 0 Å². The first-order valence-electron chi connectivity index (χ1n) is 6.61. The van der Waals surface area contributed by atoms with E-state index in [2.05, 4.69) is 19.2 Å². The fraction of sp³-hybridized carbons (Fsp3) is 0.714. The van der Waals surface area contributed by atoms with E-state index in [1.807, 2.05) is 19.9 Å². The summed E-state index contributed by atoms with van der Waals surface area (Å²) in [6.07, 6.45) is 3.13. The average Bonchev–Trinajstić information content (AvgIpc) is 2.37. The molecule has 102 valence electrons. The second-order valence-corrected chi connectivity index (χ2v) is 5.57. The molecule has 1 fully saturated rings. The first-order valence-corrected chi connectivity index (χ1v) is 6.61. The van der Waals surface area contributed by atoms with Gasteiger partial charge in [0.15, 0.2) is 0 Å². The summed E-state index contributed by atoms with van der Waals surface area (Å²) >= 11 is 0. The van der Waals surface area contributed by atoms with E-state index in [1.54, 1.807) is 4.90 Å². The van der Waals surface area contributed by atoms with Crippen molar-refractivity contribution in [1.82, 2.24) is 10.2 Å². The van der Waals surface area contributed by atoms with Crippen LogP contribution in [0.5, 0.6) is 0 Å². The maximum Gasteiger partial charge on any atom is 0.245 e. The zero-order valence-electron chi connectivity index (χ0n) is 11.8. The van der Waals surface area contributed by atoms with Crippen LogP contribution in [0.15, 0.2) is 11.6 Å². The summed E-state index contributed by atoms with van der Waals surface area (Å²) in [5, 5.41) is 2.83. The number of nitrogens with zero attached hydrogens (tertiary/aromatic N) is 1. The molecule has 1 heterocycles. The van der Waals surface area contributed by atoms with Crippen LogP contribution in [0.2, 0.25) is 0 Å². The second kappa shape index (κ2) is 6.57. The van der Waals surface area contributed by atoms with Crippen molar-refractivity contribution in [3.05, 3.63) is 11.6 Å². The molecule has 4 nitrogen and oxygen atoms in total. The predicted molar refractivity (Wildman–Crippen MR) is 72.0 cm³/mol. The number of carbonyl (C=O) groups is 2. The van der Waals surface area contributed by atoms with E-state index in [1.165, 1.54) is 5.57 Å². The third-order valence-electron chi connectivity index (χ3n) is 2.98. The highest BCUT2D eigenvalue weighted by molar-refractivity contribution is 5.90. The quantitative estimate of drug-likeness (QED) is 0.774. The summed E-state index contributed by atoms with van der Waals surface area (Å²) < 4.78 is 0. The molecular weight excluding hydrogens is 228 g/mol. The SMILES string of the molecule is CC(C)=CCN1CCC(=O)NC(CC(C)C)C1=O. The smallest absolute Gasteiger partial charge is 0.245 e. The lowest BCUT2D eigenvalue weighted by atomic mass is 10.0. The van der Waals surface area contributed by atoms with Crippen molar-refractivity contribution >= 4 is 11.8 Å². The molecular formula is C14H24N2O2. The predicted octanol–water partition coefficient (Wildman–Crippen LogP) is 1.72. The number of amides is 2. The largest absolute Gasteiger partial charge is 0.344 e. The molecule has 0 spiro atoms. The summed E-state index contributed by atoms with van der Waals surface area (Å²) in [6.45, 7) is 9.26. The molecule has 1 N–H and O–H groups in total. The molecule has 2 amide bonds.